The molecule has 1 saturated heterocycles. The zero-order valence-electron chi connectivity index (χ0n) is 19.5. The lowest BCUT2D eigenvalue weighted by molar-refractivity contribution is -0.137. The number of ether oxygens (including phenoxy) is 1. The van der Waals surface area contributed by atoms with E-state index in [2.05, 4.69) is 27.3 Å². The molecule has 1 fully saturated rings. The molecule has 0 saturated carbocycles. The van der Waals surface area contributed by atoms with E-state index in [1.165, 1.54) is 6.07 Å². The van der Waals surface area contributed by atoms with Gasteiger partial charge in [-0.15, -0.1) is 0 Å². The Bertz CT molecular complexity index is 1210. The number of rotatable bonds is 10. The van der Waals surface area contributed by atoms with E-state index < -0.39 is 11.7 Å². The lowest BCUT2D eigenvalue weighted by Crippen LogP contribution is -2.34. The first-order valence-corrected chi connectivity index (χ1v) is 11.4. The maximum Gasteiger partial charge on any atom is 0.416 e. The molecule has 2 heterocycles. The second-order valence-corrected chi connectivity index (χ2v) is 8.24. The number of nitrogens with zero attached hydrogens (tertiary/aromatic N) is 3. The molecule has 0 atom stereocenters. The van der Waals surface area contributed by atoms with E-state index in [-0.39, 0.29) is 12.6 Å². The fourth-order valence-corrected chi connectivity index (χ4v) is 3.81. The molecule has 10 heteroatoms. The lowest BCUT2D eigenvalue weighted by Gasteiger charge is -2.14. The van der Waals surface area contributed by atoms with Crippen LogP contribution in [0.3, 0.4) is 0 Å². The van der Waals surface area contributed by atoms with E-state index in [0.29, 0.717) is 43.2 Å². The largest absolute Gasteiger partial charge is 0.457 e. The van der Waals surface area contributed by atoms with Crippen molar-refractivity contribution in [2.24, 2.45) is 4.99 Å². The number of nitrogens with one attached hydrogen (secondary N) is 2. The van der Waals surface area contributed by atoms with Crippen molar-refractivity contribution in [3.8, 4) is 22.8 Å². The molecular formula is C26H26F3N5O2. The SMILES string of the molecule is C=NCc1cc(C(F)(F)F)ccc1Oc1ccc(-c2cccc(CNCCN3CCNC3=O)n2)cc1. The first kappa shape index (κ1) is 25.2. The number of pyridine rings is 1. The third kappa shape index (κ3) is 6.39. The molecule has 0 spiro atoms. The minimum Gasteiger partial charge on any atom is -0.457 e. The summed E-state index contributed by atoms with van der Waals surface area (Å²) in [6.45, 7) is 6.66. The van der Waals surface area contributed by atoms with Crippen molar-refractivity contribution in [3.05, 3.63) is 77.5 Å². The number of carbonyl (C=O) groups is 1. The molecule has 2 amide bonds. The van der Waals surface area contributed by atoms with Crippen LogP contribution in [-0.2, 0) is 19.3 Å². The van der Waals surface area contributed by atoms with Crippen LogP contribution in [0, 0.1) is 0 Å². The molecule has 0 unspecified atom stereocenters. The number of benzene rings is 2. The van der Waals surface area contributed by atoms with E-state index in [1.807, 2.05) is 30.3 Å². The molecule has 0 bridgehead atoms. The van der Waals surface area contributed by atoms with Gasteiger partial charge in [0.2, 0.25) is 0 Å². The Balaban J connectivity index is 1.38. The molecule has 0 radical (unpaired) electrons. The highest BCUT2D eigenvalue weighted by molar-refractivity contribution is 5.76. The summed E-state index contributed by atoms with van der Waals surface area (Å²) in [7, 11) is 0. The van der Waals surface area contributed by atoms with Crippen LogP contribution in [0.1, 0.15) is 16.8 Å². The summed E-state index contributed by atoms with van der Waals surface area (Å²) in [5.74, 6) is 0.772. The summed E-state index contributed by atoms with van der Waals surface area (Å²) in [6.07, 6.45) is -4.45. The summed E-state index contributed by atoms with van der Waals surface area (Å²) in [5, 5.41) is 6.08. The van der Waals surface area contributed by atoms with Gasteiger partial charge in [0.15, 0.2) is 0 Å². The van der Waals surface area contributed by atoms with Gasteiger partial charge in [-0.3, -0.25) is 9.98 Å². The van der Waals surface area contributed by atoms with E-state index in [9.17, 15) is 18.0 Å². The highest BCUT2D eigenvalue weighted by Gasteiger charge is 2.31. The molecule has 1 aliphatic rings. The molecule has 3 aromatic rings. The third-order valence-corrected chi connectivity index (χ3v) is 5.66. The molecular weight excluding hydrogens is 471 g/mol. The number of halogens is 3. The molecule has 0 aliphatic carbocycles. The second kappa shape index (κ2) is 11.2. The Morgan fingerprint density at radius 3 is 2.64 bits per heavy atom. The number of alkyl halides is 3. The Labute approximate surface area is 207 Å². The zero-order valence-corrected chi connectivity index (χ0v) is 19.5. The Morgan fingerprint density at radius 1 is 1.14 bits per heavy atom. The van der Waals surface area contributed by atoms with Crippen LogP contribution in [0.4, 0.5) is 18.0 Å². The quantitative estimate of drug-likeness (QED) is 0.309. The predicted octanol–water partition coefficient (Wildman–Crippen LogP) is 4.88. The Morgan fingerprint density at radius 2 is 1.94 bits per heavy atom. The second-order valence-electron chi connectivity index (χ2n) is 8.24. The number of hydrogen-bond acceptors (Lipinski definition) is 5. The molecule has 7 nitrogen and oxygen atoms in total. The average molecular weight is 498 g/mol. The van der Waals surface area contributed by atoms with Gasteiger partial charge in [-0.05, 0) is 61.3 Å². The van der Waals surface area contributed by atoms with Crippen molar-refractivity contribution in [1.82, 2.24) is 20.5 Å². The van der Waals surface area contributed by atoms with Crippen LogP contribution in [0.2, 0.25) is 0 Å². The van der Waals surface area contributed by atoms with Crippen molar-refractivity contribution in [3.63, 3.8) is 0 Å². The maximum absolute atomic E-state index is 13.1. The first-order valence-electron chi connectivity index (χ1n) is 11.4. The van der Waals surface area contributed by atoms with Gasteiger partial charge in [0, 0.05) is 43.9 Å². The number of carbonyl (C=O) groups excluding carboxylic acids is 1. The number of aromatic nitrogens is 1. The van der Waals surface area contributed by atoms with Gasteiger partial charge in [0.25, 0.3) is 0 Å². The minimum atomic E-state index is -4.45. The molecule has 1 aliphatic heterocycles. The van der Waals surface area contributed by atoms with Gasteiger partial charge in [-0.2, -0.15) is 13.2 Å². The summed E-state index contributed by atoms with van der Waals surface area (Å²) >= 11 is 0. The average Bonchev–Trinajstić information content (AvgIpc) is 3.27. The van der Waals surface area contributed by atoms with E-state index >= 15 is 0 Å². The normalized spacial score (nSPS) is 13.5. The summed E-state index contributed by atoms with van der Waals surface area (Å²) < 4.78 is 45.0. The van der Waals surface area contributed by atoms with Crippen LogP contribution >= 0.6 is 0 Å². The fraction of sp³-hybridized carbons (Fsp3) is 0.269. The minimum absolute atomic E-state index is 0.00725. The van der Waals surface area contributed by atoms with Crippen LogP contribution in [0.25, 0.3) is 11.3 Å². The van der Waals surface area contributed by atoms with Gasteiger partial charge in [-0.1, -0.05) is 6.07 Å². The predicted molar refractivity (Wildman–Crippen MR) is 131 cm³/mol. The van der Waals surface area contributed by atoms with Crippen molar-refractivity contribution in [1.29, 1.82) is 0 Å². The summed E-state index contributed by atoms with van der Waals surface area (Å²) in [4.78, 5) is 21.7. The summed E-state index contributed by atoms with van der Waals surface area (Å²) in [6, 6.07) is 16.2. The van der Waals surface area contributed by atoms with E-state index in [0.717, 1.165) is 35.6 Å². The molecule has 4 rings (SSSR count). The summed E-state index contributed by atoms with van der Waals surface area (Å²) in [5.41, 5.74) is 2.07. The number of hydrogen-bond donors (Lipinski definition) is 2. The van der Waals surface area contributed by atoms with Crippen molar-refractivity contribution in [2.45, 2.75) is 19.3 Å². The Kier molecular flexibility index (Phi) is 7.84. The van der Waals surface area contributed by atoms with Crippen LogP contribution in [-0.4, -0.2) is 48.8 Å². The fourth-order valence-electron chi connectivity index (χ4n) is 3.81. The highest BCUT2D eigenvalue weighted by Crippen LogP contribution is 2.35. The zero-order chi connectivity index (χ0) is 25.5. The van der Waals surface area contributed by atoms with Crippen molar-refractivity contribution >= 4 is 12.7 Å². The van der Waals surface area contributed by atoms with Crippen molar-refractivity contribution < 1.29 is 22.7 Å². The van der Waals surface area contributed by atoms with Crippen LogP contribution in [0.15, 0.2) is 65.7 Å². The highest BCUT2D eigenvalue weighted by atomic mass is 19.4. The number of urea groups is 1. The lowest BCUT2D eigenvalue weighted by atomic mass is 10.1. The third-order valence-electron chi connectivity index (χ3n) is 5.66. The topological polar surface area (TPSA) is 78.9 Å². The van der Waals surface area contributed by atoms with Crippen LogP contribution < -0.4 is 15.4 Å². The maximum atomic E-state index is 13.1. The Hall–Kier alpha value is -3.92. The van der Waals surface area contributed by atoms with Gasteiger partial charge in [0.1, 0.15) is 11.5 Å². The van der Waals surface area contributed by atoms with E-state index in [1.54, 1.807) is 17.0 Å². The monoisotopic (exact) mass is 497 g/mol. The smallest absolute Gasteiger partial charge is 0.416 e. The molecule has 188 valence electrons. The number of amides is 2. The first-order chi connectivity index (χ1) is 17.3. The molecule has 2 N–H and O–H groups in total. The van der Waals surface area contributed by atoms with Crippen LogP contribution in [0.5, 0.6) is 11.5 Å². The van der Waals surface area contributed by atoms with Gasteiger partial charge in [0.05, 0.1) is 23.5 Å². The number of aliphatic imine (C=N–C) groups is 1. The standard InChI is InChI=1S/C26H26F3N5O2/c1-30-16-19-15-20(26(27,28)29)7-10-24(19)36-22-8-5-18(6-9-22)23-4-2-3-21(33-23)17-31-11-13-34-14-12-32-25(34)35/h2-10,15,31H,1,11-14,16-17H2,(H,32,35). The molecule has 36 heavy (non-hydrogen) atoms. The van der Waals surface area contributed by atoms with Gasteiger partial charge in [-0.25, -0.2) is 4.79 Å². The van der Waals surface area contributed by atoms with Gasteiger partial charge >= 0.3 is 12.2 Å². The van der Waals surface area contributed by atoms with E-state index in [4.69, 9.17) is 4.74 Å². The van der Waals surface area contributed by atoms with Crippen molar-refractivity contribution in [2.75, 3.05) is 26.2 Å². The van der Waals surface area contributed by atoms with Gasteiger partial charge < -0.3 is 20.3 Å². The molecule has 1 aromatic heterocycles. The molecule has 2 aromatic carbocycles.